The van der Waals surface area contributed by atoms with Crippen molar-refractivity contribution in [3.63, 3.8) is 0 Å². The summed E-state index contributed by atoms with van der Waals surface area (Å²) in [6.07, 6.45) is 1.65. The van der Waals surface area contributed by atoms with Gasteiger partial charge in [0.15, 0.2) is 0 Å². The van der Waals surface area contributed by atoms with Crippen molar-refractivity contribution in [2.45, 2.75) is 68.6 Å². The van der Waals surface area contributed by atoms with Gasteiger partial charge in [-0.25, -0.2) is 0 Å². The van der Waals surface area contributed by atoms with E-state index in [0.717, 1.165) is 12.8 Å². The van der Waals surface area contributed by atoms with Crippen molar-refractivity contribution < 1.29 is 24.2 Å². The average Bonchev–Trinajstić information content (AvgIpc) is 2.42. The second-order valence-electron chi connectivity index (χ2n) is 7.23. The fraction of sp³-hybridized carbons (Fsp3) is 0.938. The molecule has 1 rings (SSSR count). The molecular formula is C16H30INO5. The minimum atomic E-state index is -0.308. The number of piperidine rings is 1. The lowest BCUT2D eigenvalue weighted by molar-refractivity contribution is -0.261. The third-order valence-corrected chi connectivity index (χ3v) is 4.49. The molecule has 0 amide bonds. The van der Waals surface area contributed by atoms with Crippen molar-refractivity contribution in [1.29, 1.82) is 0 Å². The average molecular weight is 443 g/mol. The van der Waals surface area contributed by atoms with Crippen LogP contribution in [0.15, 0.2) is 0 Å². The molecule has 1 heterocycles. The lowest BCUT2D eigenvalue weighted by Gasteiger charge is -2.51. The molecule has 1 N–H and O–H groups in total. The standard InChI is InChI=1S/C16H30INO5/c1-12(17)14(19)23-9-7-21-6-8-22-13-10-15(2,3)18(20)16(4,5)11-13/h12-13,20H,6-11H2,1-5H3. The number of carbonyl (C=O) groups is 1. The van der Waals surface area contributed by atoms with Crippen molar-refractivity contribution in [2.75, 3.05) is 26.4 Å². The van der Waals surface area contributed by atoms with E-state index in [4.69, 9.17) is 14.2 Å². The summed E-state index contributed by atoms with van der Waals surface area (Å²) in [4.78, 5) is 11.3. The highest BCUT2D eigenvalue weighted by Gasteiger charge is 2.45. The highest BCUT2D eigenvalue weighted by Crippen LogP contribution is 2.37. The summed E-state index contributed by atoms with van der Waals surface area (Å²) in [5.74, 6) is -0.217. The zero-order valence-corrected chi connectivity index (χ0v) is 17.0. The first-order chi connectivity index (χ1) is 10.6. The molecular weight excluding hydrogens is 413 g/mol. The van der Waals surface area contributed by atoms with Crippen LogP contribution in [0.2, 0.25) is 0 Å². The number of ether oxygens (including phenoxy) is 3. The maximum atomic E-state index is 11.3. The molecule has 1 aliphatic rings. The number of nitrogens with zero attached hydrogens (tertiary/aromatic N) is 1. The number of hydroxylamine groups is 2. The molecule has 1 aliphatic heterocycles. The number of hydrogen-bond acceptors (Lipinski definition) is 6. The smallest absolute Gasteiger partial charge is 0.318 e. The zero-order chi connectivity index (χ0) is 17.7. The molecule has 7 heteroatoms. The van der Waals surface area contributed by atoms with Crippen molar-refractivity contribution in [1.82, 2.24) is 5.06 Å². The first-order valence-electron chi connectivity index (χ1n) is 8.05. The molecule has 0 bridgehead atoms. The highest BCUT2D eigenvalue weighted by molar-refractivity contribution is 14.1. The second kappa shape index (κ2) is 8.94. The van der Waals surface area contributed by atoms with Crippen molar-refractivity contribution >= 4 is 28.6 Å². The molecule has 0 spiro atoms. The van der Waals surface area contributed by atoms with Gasteiger partial charge in [-0.05, 0) is 47.5 Å². The van der Waals surface area contributed by atoms with Crippen LogP contribution in [-0.2, 0) is 19.0 Å². The van der Waals surface area contributed by atoms with E-state index in [-0.39, 0.29) is 33.7 Å². The Bertz CT molecular complexity index is 369. The van der Waals surface area contributed by atoms with Crippen LogP contribution >= 0.6 is 22.6 Å². The van der Waals surface area contributed by atoms with Gasteiger partial charge in [0.25, 0.3) is 0 Å². The van der Waals surface area contributed by atoms with Gasteiger partial charge in [0.05, 0.1) is 25.9 Å². The molecule has 0 aromatic heterocycles. The predicted molar refractivity (Wildman–Crippen MR) is 96.0 cm³/mol. The van der Waals surface area contributed by atoms with Crippen LogP contribution < -0.4 is 0 Å². The van der Waals surface area contributed by atoms with E-state index in [1.54, 1.807) is 6.92 Å². The summed E-state index contributed by atoms with van der Waals surface area (Å²) in [5, 5.41) is 11.7. The number of alkyl halides is 1. The molecule has 1 saturated heterocycles. The lowest BCUT2D eigenvalue weighted by atomic mass is 9.80. The van der Waals surface area contributed by atoms with Crippen LogP contribution in [-0.4, -0.2) is 63.8 Å². The maximum absolute atomic E-state index is 11.3. The Labute approximate surface area is 152 Å². The van der Waals surface area contributed by atoms with E-state index in [1.165, 1.54) is 5.06 Å². The van der Waals surface area contributed by atoms with Crippen molar-refractivity contribution in [2.24, 2.45) is 0 Å². The third-order valence-electron chi connectivity index (χ3n) is 3.98. The summed E-state index contributed by atoms with van der Waals surface area (Å²) < 4.78 is 16.2. The molecule has 23 heavy (non-hydrogen) atoms. The largest absolute Gasteiger partial charge is 0.462 e. The van der Waals surface area contributed by atoms with E-state index in [0.29, 0.717) is 19.8 Å². The Hall–Kier alpha value is 0.0400. The van der Waals surface area contributed by atoms with Crippen LogP contribution in [0, 0.1) is 0 Å². The maximum Gasteiger partial charge on any atom is 0.318 e. The Balaban J connectivity index is 2.18. The lowest BCUT2D eigenvalue weighted by Crippen LogP contribution is -2.60. The van der Waals surface area contributed by atoms with E-state index in [2.05, 4.69) is 0 Å². The predicted octanol–water partition coefficient (Wildman–Crippen LogP) is 2.80. The van der Waals surface area contributed by atoms with E-state index >= 15 is 0 Å². The van der Waals surface area contributed by atoms with Gasteiger partial charge < -0.3 is 19.4 Å². The SMILES string of the molecule is CC(I)C(=O)OCCOCCOC1CC(C)(C)N(O)C(C)(C)C1. The number of carbonyl (C=O) groups excluding carboxylic acids is 1. The van der Waals surface area contributed by atoms with Crippen LogP contribution in [0.25, 0.3) is 0 Å². The van der Waals surface area contributed by atoms with Crippen LogP contribution in [0.1, 0.15) is 47.5 Å². The molecule has 0 aromatic carbocycles. The van der Waals surface area contributed by atoms with Gasteiger partial charge in [-0.15, -0.1) is 0 Å². The minimum Gasteiger partial charge on any atom is -0.462 e. The summed E-state index contributed by atoms with van der Waals surface area (Å²) in [5.41, 5.74) is -0.616. The quantitative estimate of drug-likeness (QED) is 0.269. The number of rotatable bonds is 8. The molecule has 1 fully saturated rings. The van der Waals surface area contributed by atoms with Gasteiger partial charge in [-0.3, -0.25) is 4.79 Å². The third kappa shape index (κ3) is 6.81. The fourth-order valence-corrected chi connectivity index (χ4v) is 3.17. The monoisotopic (exact) mass is 443 g/mol. The normalized spacial score (nSPS) is 22.7. The second-order valence-corrected chi connectivity index (χ2v) is 9.10. The number of hydrogen-bond donors (Lipinski definition) is 1. The van der Waals surface area contributed by atoms with Gasteiger partial charge in [-0.1, -0.05) is 22.6 Å². The fourth-order valence-electron chi connectivity index (χ4n) is 2.99. The minimum absolute atomic E-state index is 0.102. The van der Waals surface area contributed by atoms with Crippen LogP contribution in [0.3, 0.4) is 0 Å². The topological polar surface area (TPSA) is 68.2 Å². The van der Waals surface area contributed by atoms with E-state index in [1.807, 2.05) is 50.3 Å². The Kier molecular flexibility index (Phi) is 8.19. The molecule has 0 radical (unpaired) electrons. The van der Waals surface area contributed by atoms with Crippen molar-refractivity contribution in [3.8, 4) is 0 Å². The zero-order valence-electron chi connectivity index (χ0n) is 14.8. The van der Waals surface area contributed by atoms with Crippen LogP contribution in [0.4, 0.5) is 0 Å². The Morgan fingerprint density at radius 2 is 1.70 bits per heavy atom. The molecule has 0 saturated carbocycles. The molecule has 1 unspecified atom stereocenters. The molecule has 1 atom stereocenters. The van der Waals surface area contributed by atoms with Gasteiger partial charge in [0.2, 0.25) is 0 Å². The summed E-state index contributed by atoms with van der Waals surface area (Å²) >= 11 is 2.02. The molecule has 136 valence electrons. The molecule has 0 aliphatic carbocycles. The van der Waals surface area contributed by atoms with Gasteiger partial charge in [-0.2, -0.15) is 5.06 Å². The summed E-state index contributed by atoms with van der Waals surface area (Å²) in [6, 6.07) is 0. The van der Waals surface area contributed by atoms with Gasteiger partial charge in [0.1, 0.15) is 10.5 Å². The first kappa shape index (κ1) is 21.1. The summed E-state index contributed by atoms with van der Waals surface area (Å²) in [6.45, 7) is 11.5. The number of halogens is 1. The van der Waals surface area contributed by atoms with Gasteiger partial charge in [0, 0.05) is 11.1 Å². The summed E-state index contributed by atoms with van der Waals surface area (Å²) in [7, 11) is 0. The van der Waals surface area contributed by atoms with E-state index < -0.39 is 0 Å². The highest BCUT2D eigenvalue weighted by atomic mass is 127. The Morgan fingerprint density at radius 1 is 1.17 bits per heavy atom. The number of esters is 1. The Morgan fingerprint density at radius 3 is 2.22 bits per heavy atom. The van der Waals surface area contributed by atoms with Gasteiger partial charge >= 0.3 is 5.97 Å². The molecule has 6 nitrogen and oxygen atoms in total. The molecule has 0 aromatic rings. The van der Waals surface area contributed by atoms with Crippen molar-refractivity contribution in [3.05, 3.63) is 0 Å². The first-order valence-corrected chi connectivity index (χ1v) is 9.30. The van der Waals surface area contributed by atoms with Crippen LogP contribution in [0.5, 0.6) is 0 Å². The van der Waals surface area contributed by atoms with E-state index in [9.17, 15) is 10.0 Å².